The van der Waals surface area contributed by atoms with E-state index in [9.17, 15) is 15.0 Å². The highest BCUT2D eigenvalue weighted by Crippen LogP contribution is 2.26. The lowest BCUT2D eigenvalue weighted by molar-refractivity contribution is 0.0976. The molecular weight excluding hydrogens is 188 g/mol. The molecule has 0 aliphatic rings. The van der Waals surface area contributed by atoms with Gasteiger partial charge in [0.1, 0.15) is 0 Å². The van der Waals surface area contributed by atoms with Crippen molar-refractivity contribution >= 4 is 5.78 Å². The Kier molecular flexibility index (Phi) is 1.78. The SMILES string of the molecule is O=C(c1occc1O)c1occc1O. The van der Waals surface area contributed by atoms with Gasteiger partial charge in [-0.2, -0.15) is 0 Å². The summed E-state index contributed by atoms with van der Waals surface area (Å²) in [5, 5.41) is 18.3. The average Bonchev–Trinajstić information content (AvgIpc) is 2.73. The number of carbonyl (C=O) groups excluding carboxylic acids is 1. The van der Waals surface area contributed by atoms with Crippen molar-refractivity contribution in [2.75, 3.05) is 0 Å². The van der Waals surface area contributed by atoms with Gasteiger partial charge in [-0.05, 0) is 0 Å². The summed E-state index contributed by atoms with van der Waals surface area (Å²) >= 11 is 0. The highest BCUT2D eigenvalue weighted by atomic mass is 16.4. The first-order chi connectivity index (χ1) is 6.70. The maximum atomic E-state index is 11.5. The Morgan fingerprint density at radius 2 is 1.43 bits per heavy atom. The van der Waals surface area contributed by atoms with Crippen molar-refractivity contribution in [3.63, 3.8) is 0 Å². The minimum Gasteiger partial charge on any atom is -0.504 e. The number of aromatic hydroxyl groups is 2. The minimum absolute atomic E-state index is 0.254. The van der Waals surface area contributed by atoms with E-state index in [-0.39, 0.29) is 23.0 Å². The van der Waals surface area contributed by atoms with E-state index in [4.69, 9.17) is 8.83 Å². The van der Waals surface area contributed by atoms with Crippen LogP contribution in [0.15, 0.2) is 33.5 Å². The molecule has 2 heterocycles. The number of carbonyl (C=O) groups is 1. The molecule has 14 heavy (non-hydrogen) atoms. The van der Waals surface area contributed by atoms with Crippen LogP contribution in [-0.4, -0.2) is 16.0 Å². The van der Waals surface area contributed by atoms with Gasteiger partial charge >= 0.3 is 0 Å². The third-order valence-electron chi connectivity index (χ3n) is 1.70. The Bertz CT molecular complexity index is 423. The van der Waals surface area contributed by atoms with E-state index in [1.165, 1.54) is 24.7 Å². The maximum absolute atomic E-state index is 11.5. The molecule has 5 nitrogen and oxygen atoms in total. The summed E-state index contributed by atoms with van der Waals surface area (Å²) < 4.78 is 9.47. The molecule has 2 aromatic rings. The van der Waals surface area contributed by atoms with Crippen molar-refractivity contribution in [2.45, 2.75) is 0 Å². The van der Waals surface area contributed by atoms with Gasteiger partial charge in [-0.25, -0.2) is 0 Å². The van der Waals surface area contributed by atoms with Gasteiger partial charge in [0.15, 0.2) is 11.5 Å². The van der Waals surface area contributed by atoms with E-state index < -0.39 is 5.78 Å². The van der Waals surface area contributed by atoms with Gasteiger partial charge in [0.2, 0.25) is 11.5 Å². The van der Waals surface area contributed by atoms with Crippen LogP contribution in [0.5, 0.6) is 11.5 Å². The zero-order chi connectivity index (χ0) is 10.1. The lowest BCUT2D eigenvalue weighted by Gasteiger charge is -1.94. The second-order valence-electron chi connectivity index (χ2n) is 2.60. The molecule has 0 radical (unpaired) electrons. The Morgan fingerprint density at radius 1 is 1.00 bits per heavy atom. The predicted molar refractivity (Wildman–Crippen MR) is 44.2 cm³/mol. The van der Waals surface area contributed by atoms with Gasteiger partial charge in [0.25, 0.3) is 5.78 Å². The molecule has 0 saturated carbocycles. The van der Waals surface area contributed by atoms with Crippen LogP contribution in [0.25, 0.3) is 0 Å². The fourth-order valence-corrected chi connectivity index (χ4v) is 1.05. The molecular formula is C9H6O5. The molecule has 0 fully saturated rings. The zero-order valence-electron chi connectivity index (χ0n) is 6.93. The summed E-state index contributed by atoms with van der Waals surface area (Å²) in [6, 6.07) is 2.46. The molecule has 0 aliphatic carbocycles. The molecule has 0 bridgehead atoms. The summed E-state index contributed by atoms with van der Waals surface area (Å²) in [6.45, 7) is 0. The Balaban J connectivity index is 2.44. The molecule has 5 heteroatoms. The molecule has 2 N–H and O–H groups in total. The average molecular weight is 194 g/mol. The number of hydrogen-bond acceptors (Lipinski definition) is 5. The third-order valence-corrected chi connectivity index (χ3v) is 1.70. The maximum Gasteiger partial charge on any atom is 0.271 e. The van der Waals surface area contributed by atoms with Crippen LogP contribution in [0.4, 0.5) is 0 Å². The van der Waals surface area contributed by atoms with E-state index in [0.717, 1.165) is 0 Å². The Labute approximate surface area is 78.2 Å². The lowest BCUT2D eigenvalue weighted by Crippen LogP contribution is -1.98. The Hall–Kier alpha value is -2.17. The fourth-order valence-electron chi connectivity index (χ4n) is 1.05. The fraction of sp³-hybridized carbons (Fsp3) is 0. The lowest BCUT2D eigenvalue weighted by atomic mass is 10.2. The van der Waals surface area contributed by atoms with Crippen LogP contribution < -0.4 is 0 Å². The summed E-state index contributed by atoms with van der Waals surface area (Å²) in [7, 11) is 0. The van der Waals surface area contributed by atoms with Crippen LogP contribution >= 0.6 is 0 Å². The molecule has 0 unspecified atom stereocenters. The molecule has 0 amide bonds. The second-order valence-corrected chi connectivity index (χ2v) is 2.60. The highest BCUT2D eigenvalue weighted by Gasteiger charge is 2.22. The number of ketones is 1. The van der Waals surface area contributed by atoms with Gasteiger partial charge in [-0.1, -0.05) is 0 Å². The monoisotopic (exact) mass is 194 g/mol. The highest BCUT2D eigenvalue weighted by molar-refractivity contribution is 6.08. The molecule has 0 atom stereocenters. The summed E-state index contributed by atoms with van der Waals surface area (Å²) in [5.74, 6) is -1.78. The molecule has 0 aliphatic heterocycles. The first kappa shape index (κ1) is 8.43. The molecule has 0 spiro atoms. The van der Waals surface area contributed by atoms with E-state index in [0.29, 0.717) is 0 Å². The van der Waals surface area contributed by atoms with Crippen LogP contribution in [0.1, 0.15) is 16.3 Å². The quantitative estimate of drug-likeness (QED) is 0.708. The zero-order valence-corrected chi connectivity index (χ0v) is 6.93. The first-order valence-corrected chi connectivity index (χ1v) is 3.78. The molecule has 2 aromatic heterocycles. The number of furan rings is 2. The standard InChI is InChI=1S/C9H6O5/c10-5-1-3-13-8(5)7(12)9-6(11)2-4-14-9/h1-4,10-11H. The topological polar surface area (TPSA) is 83.8 Å². The first-order valence-electron chi connectivity index (χ1n) is 3.78. The van der Waals surface area contributed by atoms with Crippen LogP contribution in [0, 0.1) is 0 Å². The summed E-state index contributed by atoms with van der Waals surface area (Å²) in [6.07, 6.45) is 2.34. The van der Waals surface area contributed by atoms with Gasteiger partial charge in [-0.15, -0.1) is 0 Å². The van der Waals surface area contributed by atoms with Crippen LogP contribution in [0.3, 0.4) is 0 Å². The molecule has 0 aromatic carbocycles. The predicted octanol–water partition coefficient (Wildman–Crippen LogP) is 1.51. The van der Waals surface area contributed by atoms with Gasteiger partial charge in [0, 0.05) is 12.1 Å². The Morgan fingerprint density at radius 3 is 1.71 bits per heavy atom. The van der Waals surface area contributed by atoms with E-state index in [1.807, 2.05) is 0 Å². The van der Waals surface area contributed by atoms with E-state index in [1.54, 1.807) is 0 Å². The summed E-state index contributed by atoms with van der Waals surface area (Å²) in [4.78, 5) is 11.5. The van der Waals surface area contributed by atoms with Crippen molar-refractivity contribution in [1.82, 2.24) is 0 Å². The normalized spacial score (nSPS) is 10.3. The molecule has 0 saturated heterocycles. The molecule has 2 rings (SSSR count). The van der Waals surface area contributed by atoms with Crippen LogP contribution in [0.2, 0.25) is 0 Å². The summed E-state index contributed by atoms with van der Waals surface area (Å²) in [5.41, 5.74) is 0. The molecule has 72 valence electrons. The van der Waals surface area contributed by atoms with Crippen molar-refractivity contribution in [3.8, 4) is 11.5 Å². The van der Waals surface area contributed by atoms with Crippen molar-refractivity contribution in [2.24, 2.45) is 0 Å². The number of rotatable bonds is 2. The van der Waals surface area contributed by atoms with Crippen LogP contribution in [-0.2, 0) is 0 Å². The van der Waals surface area contributed by atoms with Crippen molar-refractivity contribution in [1.29, 1.82) is 0 Å². The van der Waals surface area contributed by atoms with Gasteiger partial charge in [-0.3, -0.25) is 4.79 Å². The second kappa shape index (κ2) is 2.95. The smallest absolute Gasteiger partial charge is 0.271 e. The third kappa shape index (κ3) is 1.15. The van der Waals surface area contributed by atoms with Crippen molar-refractivity contribution < 1.29 is 23.8 Å². The number of hydrogen-bond donors (Lipinski definition) is 2. The van der Waals surface area contributed by atoms with Crippen molar-refractivity contribution in [3.05, 3.63) is 36.2 Å². The van der Waals surface area contributed by atoms with E-state index >= 15 is 0 Å². The van der Waals surface area contributed by atoms with Gasteiger partial charge in [0.05, 0.1) is 12.5 Å². The van der Waals surface area contributed by atoms with E-state index in [2.05, 4.69) is 0 Å². The minimum atomic E-state index is -0.699. The van der Waals surface area contributed by atoms with Gasteiger partial charge < -0.3 is 19.0 Å². The largest absolute Gasteiger partial charge is 0.504 e.